The lowest BCUT2D eigenvalue weighted by Crippen LogP contribution is -2.37. The molecule has 0 aromatic heterocycles. The molecule has 0 fully saturated rings. The highest BCUT2D eigenvalue weighted by atomic mass is 16.6. The second-order valence-corrected chi connectivity index (χ2v) is 6.51. The number of ether oxygens (including phenoxy) is 2. The smallest absolute Gasteiger partial charge is 0.337 e. The van der Waals surface area contributed by atoms with E-state index in [1.54, 1.807) is 0 Å². The molecule has 32 heavy (non-hydrogen) atoms. The first-order valence-corrected chi connectivity index (χ1v) is 8.92. The number of non-ortho nitro benzene ring substituents is 1. The number of carbonyl (C=O) groups is 5. The number of fused-ring (bicyclic) bond motifs is 1. The van der Waals surface area contributed by atoms with Crippen molar-refractivity contribution in [2.75, 3.05) is 26.1 Å². The molecule has 164 valence electrons. The van der Waals surface area contributed by atoms with Gasteiger partial charge in [-0.25, -0.2) is 9.59 Å². The van der Waals surface area contributed by atoms with Gasteiger partial charge in [-0.2, -0.15) is 0 Å². The highest BCUT2D eigenvalue weighted by Crippen LogP contribution is 2.27. The first kappa shape index (κ1) is 22.1. The van der Waals surface area contributed by atoms with Gasteiger partial charge >= 0.3 is 11.9 Å². The summed E-state index contributed by atoms with van der Waals surface area (Å²) < 4.78 is 9.23. The second kappa shape index (κ2) is 8.63. The number of nitro benzene ring substituents is 1. The third kappa shape index (κ3) is 4.14. The van der Waals surface area contributed by atoms with E-state index in [9.17, 15) is 34.1 Å². The fourth-order valence-electron chi connectivity index (χ4n) is 3.05. The maximum atomic E-state index is 12.5. The maximum Gasteiger partial charge on any atom is 0.337 e. The molecule has 1 aliphatic heterocycles. The number of hydrogen-bond acceptors (Lipinski definition) is 9. The fraction of sp³-hybridized carbons (Fsp3) is 0.150. The van der Waals surface area contributed by atoms with Crippen LogP contribution in [0.5, 0.6) is 0 Å². The van der Waals surface area contributed by atoms with Crippen LogP contribution in [0.25, 0.3) is 0 Å². The molecule has 12 heteroatoms. The average Bonchev–Trinajstić information content (AvgIpc) is 3.01. The van der Waals surface area contributed by atoms with Crippen LogP contribution >= 0.6 is 0 Å². The number of imide groups is 1. The predicted octanol–water partition coefficient (Wildman–Crippen LogP) is 1.40. The Morgan fingerprint density at radius 1 is 0.938 bits per heavy atom. The summed E-state index contributed by atoms with van der Waals surface area (Å²) >= 11 is 0. The van der Waals surface area contributed by atoms with Crippen molar-refractivity contribution in [1.29, 1.82) is 0 Å². The molecule has 1 aliphatic rings. The Labute approximate surface area is 179 Å². The summed E-state index contributed by atoms with van der Waals surface area (Å²) in [6, 6.07) is 6.89. The minimum Gasteiger partial charge on any atom is -0.465 e. The molecule has 0 unspecified atom stereocenters. The summed E-state index contributed by atoms with van der Waals surface area (Å²) in [5, 5.41) is 13.3. The van der Waals surface area contributed by atoms with Gasteiger partial charge in [0.2, 0.25) is 5.91 Å². The van der Waals surface area contributed by atoms with Gasteiger partial charge in [-0.15, -0.1) is 0 Å². The SMILES string of the molecule is COC(=O)c1cc(NC(=O)CN2C(=O)c3ccc([N+](=O)[O-])cc3C2=O)cc(C(=O)OC)c1. The van der Waals surface area contributed by atoms with Gasteiger partial charge in [0.1, 0.15) is 6.54 Å². The maximum absolute atomic E-state index is 12.5. The highest BCUT2D eigenvalue weighted by molar-refractivity contribution is 6.23. The summed E-state index contributed by atoms with van der Waals surface area (Å²) in [5.41, 5.74) is -0.680. The molecule has 2 aromatic rings. The van der Waals surface area contributed by atoms with Crippen molar-refractivity contribution in [3.05, 3.63) is 68.8 Å². The second-order valence-electron chi connectivity index (χ2n) is 6.51. The summed E-state index contributed by atoms with van der Waals surface area (Å²) in [5.74, 6) is -4.00. The van der Waals surface area contributed by atoms with Gasteiger partial charge in [0.25, 0.3) is 17.5 Å². The van der Waals surface area contributed by atoms with Crippen LogP contribution in [0, 0.1) is 10.1 Å². The number of methoxy groups -OCH3 is 2. The van der Waals surface area contributed by atoms with Gasteiger partial charge in [-0.1, -0.05) is 0 Å². The number of benzene rings is 2. The molecule has 0 bridgehead atoms. The van der Waals surface area contributed by atoms with E-state index in [1.807, 2.05) is 0 Å². The summed E-state index contributed by atoms with van der Waals surface area (Å²) in [7, 11) is 2.27. The van der Waals surface area contributed by atoms with Crippen molar-refractivity contribution in [1.82, 2.24) is 4.90 Å². The van der Waals surface area contributed by atoms with E-state index in [-0.39, 0.29) is 33.6 Å². The fourth-order valence-corrected chi connectivity index (χ4v) is 3.05. The van der Waals surface area contributed by atoms with E-state index in [1.165, 1.54) is 18.2 Å². The zero-order valence-electron chi connectivity index (χ0n) is 16.7. The average molecular weight is 441 g/mol. The Hall–Kier alpha value is -4.61. The van der Waals surface area contributed by atoms with Crippen LogP contribution in [0.2, 0.25) is 0 Å². The number of carbonyl (C=O) groups excluding carboxylic acids is 5. The molecule has 12 nitrogen and oxygen atoms in total. The van der Waals surface area contributed by atoms with Gasteiger partial charge in [-0.05, 0) is 24.3 Å². The zero-order chi connectivity index (χ0) is 23.6. The van der Waals surface area contributed by atoms with E-state index in [4.69, 9.17) is 0 Å². The molecule has 0 aliphatic carbocycles. The number of amides is 3. The normalized spacial score (nSPS) is 12.2. The number of nitrogens with zero attached hydrogens (tertiary/aromatic N) is 2. The van der Waals surface area contributed by atoms with Crippen molar-refractivity contribution < 1.29 is 38.4 Å². The molecule has 3 amide bonds. The highest BCUT2D eigenvalue weighted by Gasteiger charge is 2.37. The number of nitrogens with one attached hydrogen (secondary N) is 1. The Morgan fingerprint density at radius 2 is 1.50 bits per heavy atom. The van der Waals surface area contributed by atoms with E-state index >= 15 is 0 Å². The number of hydrogen-bond donors (Lipinski definition) is 1. The quantitative estimate of drug-likeness (QED) is 0.302. The van der Waals surface area contributed by atoms with Gasteiger partial charge in [0.05, 0.1) is 41.4 Å². The molecule has 0 spiro atoms. The van der Waals surface area contributed by atoms with Crippen LogP contribution in [0.15, 0.2) is 36.4 Å². The van der Waals surface area contributed by atoms with E-state index in [0.29, 0.717) is 4.90 Å². The van der Waals surface area contributed by atoms with Gasteiger partial charge in [0, 0.05) is 17.8 Å². The number of anilines is 1. The lowest BCUT2D eigenvalue weighted by Gasteiger charge is -2.14. The number of nitro groups is 1. The molecular weight excluding hydrogens is 426 g/mol. The van der Waals surface area contributed by atoms with E-state index in [0.717, 1.165) is 32.4 Å². The summed E-state index contributed by atoms with van der Waals surface area (Å²) in [6.45, 7) is -0.698. The van der Waals surface area contributed by atoms with Crippen LogP contribution in [-0.4, -0.2) is 60.2 Å². The lowest BCUT2D eigenvalue weighted by atomic mass is 10.1. The molecule has 0 saturated heterocycles. The summed E-state index contributed by atoms with van der Waals surface area (Å²) in [4.78, 5) is 72.0. The first-order chi connectivity index (χ1) is 15.2. The first-order valence-electron chi connectivity index (χ1n) is 8.92. The zero-order valence-corrected chi connectivity index (χ0v) is 16.7. The van der Waals surface area contributed by atoms with Crippen LogP contribution in [0.4, 0.5) is 11.4 Å². The van der Waals surface area contributed by atoms with Crippen LogP contribution in [-0.2, 0) is 14.3 Å². The molecule has 0 atom stereocenters. The molecule has 0 radical (unpaired) electrons. The van der Waals surface area contributed by atoms with Crippen LogP contribution < -0.4 is 5.32 Å². The predicted molar refractivity (Wildman–Crippen MR) is 106 cm³/mol. The lowest BCUT2D eigenvalue weighted by molar-refractivity contribution is -0.384. The summed E-state index contributed by atoms with van der Waals surface area (Å²) in [6.07, 6.45) is 0. The minimum absolute atomic E-state index is 0.0190. The largest absolute Gasteiger partial charge is 0.465 e. The molecule has 0 saturated carbocycles. The van der Waals surface area contributed by atoms with Crippen molar-refractivity contribution in [3.63, 3.8) is 0 Å². The van der Waals surface area contributed by atoms with Crippen molar-refractivity contribution in [2.24, 2.45) is 0 Å². The minimum atomic E-state index is -0.859. The van der Waals surface area contributed by atoms with Gasteiger partial charge in [-0.3, -0.25) is 29.4 Å². The number of esters is 2. The Balaban J connectivity index is 1.82. The Morgan fingerprint density at radius 3 is 2.03 bits per heavy atom. The van der Waals surface area contributed by atoms with E-state index in [2.05, 4.69) is 14.8 Å². The topological polar surface area (TPSA) is 162 Å². The molecule has 3 rings (SSSR count). The van der Waals surface area contributed by atoms with Crippen LogP contribution in [0.1, 0.15) is 41.4 Å². The third-order valence-corrected chi connectivity index (χ3v) is 4.53. The van der Waals surface area contributed by atoms with Crippen molar-refractivity contribution >= 4 is 41.0 Å². The molecule has 1 heterocycles. The Kier molecular flexibility index (Phi) is 5.96. The van der Waals surface area contributed by atoms with Gasteiger partial charge < -0.3 is 14.8 Å². The monoisotopic (exact) mass is 441 g/mol. The molecule has 2 aromatic carbocycles. The van der Waals surface area contributed by atoms with Crippen molar-refractivity contribution in [3.8, 4) is 0 Å². The van der Waals surface area contributed by atoms with Crippen LogP contribution in [0.3, 0.4) is 0 Å². The number of rotatable bonds is 6. The van der Waals surface area contributed by atoms with Crippen molar-refractivity contribution in [2.45, 2.75) is 0 Å². The third-order valence-electron chi connectivity index (χ3n) is 4.53. The standard InChI is InChI=1S/C20H15N3O9/c1-31-19(27)10-5-11(20(28)32-2)7-12(6-10)21-16(24)9-22-17(25)14-4-3-13(23(29)30)8-15(14)18(22)26/h3-8H,9H2,1-2H3,(H,21,24). The molecular formula is C20H15N3O9. The molecule has 1 N–H and O–H groups in total. The Bertz CT molecular complexity index is 1150. The van der Waals surface area contributed by atoms with Gasteiger partial charge in [0.15, 0.2) is 0 Å². The van der Waals surface area contributed by atoms with E-state index < -0.39 is 41.1 Å².